The fourth-order valence-corrected chi connectivity index (χ4v) is 3.71. The van der Waals surface area contributed by atoms with Crippen LogP contribution >= 0.6 is 0 Å². The van der Waals surface area contributed by atoms with E-state index in [9.17, 15) is 9.59 Å². The lowest BCUT2D eigenvalue weighted by molar-refractivity contribution is -0.130. The molecule has 1 saturated carbocycles. The molecule has 2 amide bonds. The average molecular weight is 404 g/mol. The predicted molar refractivity (Wildman–Crippen MR) is 113 cm³/mol. The summed E-state index contributed by atoms with van der Waals surface area (Å²) in [5.41, 5.74) is 2.96. The molecule has 3 aromatic rings. The maximum atomic E-state index is 13.3. The Morgan fingerprint density at radius 3 is 2.60 bits per heavy atom. The molecule has 1 aromatic heterocycles. The highest BCUT2D eigenvalue weighted by Crippen LogP contribution is 2.49. The topological polar surface area (TPSA) is 96.1 Å². The number of hydrogen-bond acceptors (Lipinski definition) is 4. The quantitative estimate of drug-likeness (QED) is 0.564. The van der Waals surface area contributed by atoms with Crippen LogP contribution in [0.3, 0.4) is 0 Å². The van der Waals surface area contributed by atoms with Gasteiger partial charge in [0.1, 0.15) is 11.8 Å². The lowest BCUT2D eigenvalue weighted by Gasteiger charge is -2.23. The molecule has 0 aliphatic heterocycles. The van der Waals surface area contributed by atoms with E-state index < -0.39 is 11.5 Å². The first-order valence-corrected chi connectivity index (χ1v) is 9.83. The maximum Gasteiger partial charge on any atom is 0.246 e. The first-order chi connectivity index (χ1) is 14.6. The second-order valence-corrected chi connectivity index (χ2v) is 7.45. The summed E-state index contributed by atoms with van der Waals surface area (Å²) in [7, 11) is 3.13. The zero-order valence-corrected chi connectivity index (χ0v) is 16.9. The summed E-state index contributed by atoms with van der Waals surface area (Å²) >= 11 is 0. The molecule has 4 rings (SSSR count). The van der Waals surface area contributed by atoms with Gasteiger partial charge in [0.15, 0.2) is 0 Å². The number of rotatable bonds is 7. The van der Waals surface area contributed by atoms with Crippen molar-refractivity contribution in [3.8, 4) is 16.9 Å². The van der Waals surface area contributed by atoms with Gasteiger partial charge in [-0.25, -0.2) is 0 Å². The average Bonchev–Trinajstić information content (AvgIpc) is 3.43. The molecule has 1 aliphatic carbocycles. The van der Waals surface area contributed by atoms with E-state index in [0.29, 0.717) is 11.3 Å². The fourth-order valence-electron chi connectivity index (χ4n) is 3.71. The molecule has 1 unspecified atom stereocenters. The van der Waals surface area contributed by atoms with E-state index in [1.807, 2.05) is 36.5 Å². The summed E-state index contributed by atoms with van der Waals surface area (Å²) in [5.74, 6) is 0.201. The Hall–Kier alpha value is -3.61. The molecule has 3 N–H and O–H groups in total. The summed E-state index contributed by atoms with van der Waals surface area (Å²) < 4.78 is 5.27. The van der Waals surface area contributed by atoms with Crippen LogP contribution in [0.4, 0.5) is 0 Å². The summed E-state index contributed by atoms with van der Waals surface area (Å²) in [6, 6.07) is 14.3. The highest BCUT2D eigenvalue weighted by molar-refractivity contribution is 5.96. The number of carbonyl (C=O) groups excluding carboxylic acids is 2. The van der Waals surface area contributed by atoms with E-state index in [1.54, 1.807) is 38.6 Å². The van der Waals surface area contributed by atoms with Gasteiger partial charge in [-0.05, 0) is 47.7 Å². The van der Waals surface area contributed by atoms with Gasteiger partial charge in [0.05, 0.1) is 18.7 Å². The molecular weight excluding hydrogens is 380 g/mol. The van der Waals surface area contributed by atoms with Gasteiger partial charge in [-0.1, -0.05) is 30.3 Å². The van der Waals surface area contributed by atoms with Crippen LogP contribution in [0.1, 0.15) is 30.0 Å². The second kappa shape index (κ2) is 8.02. The minimum absolute atomic E-state index is 0.150. The monoisotopic (exact) mass is 404 g/mol. The van der Waals surface area contributed by atoms with Gasteiger partial charge in [0.2, 0.25) is 11.8 Å². The van der Waals surface area contributed by atoms with Crippen LogP contribution in [0.5, 0.6) is 5.75 Å². The summed E-state index contributed by atoms with van der Waals surface area (Å²) in [5, 5.41) is 12.4. The van der Waals surface area contributed by atoms with Crippen molar-refractivity contribution >= 4 is 11.8 Å². The zero-order valence-electron chi connectivity index (χ0n) is 16.9. The molecule has 1 atom stereocenters. The van der Waals surface area contributed by atoms with Gasteiger partial charge in [-0.3, -0.25) is 14.7 Å². The van der Waals surface area contributed by atoms with Gasteiger partial charge >= 0.3 is 0 Å². The van der Waals surface area contributed by atoms with Gasteiger partial charge in [0.25, 0.3) is 0 Å². The molecule has 0 spiro atoms. The number of aromatic nitrogens is 2. The number of aromatic amines is 1. The van der Waals surface area contributed by atoms with Crippen LogP contribution in [0.25, 0.3) is 11.1 Å². The molecule has 7 heteroatoms. The number of ether oxygens (including phenoxy) is 1. The number of hydrogen-bond donors (Lipinski definition) is 3. The van der Waals surface area contributed by atoms with Crippen molar-refractivity contribution in [2.75, 3.05) is 14.2 Å². The van der Waals surface area contributed by atoms with Crippen LogP contribution in [-0.2, 0) is 15.0 Å². The molecule has 7 nitrogen and oxygen atoms in total. The number of methoxy groups -OCH3 is 1. The number of amides is 2. The van der Waals surface area contributed by atoms with Gasteiger partial charge in [0, 0.05) is 18.8 Å². The Balaban J connectivity index is 1.61. The van der Waals surface area contributed by atoms with Crippen LogP contribution < -0.4 is 15.4 Å². The molecule has 30 heavy (non-hydrogen) atoms. The molecule has 0 saturated heterocycles. The Morgan fingerprint density at radius 2 is 1.93 bits per heavy atom. The molecule has 0 bridgehead atoms. The van der Waals surface area contributed by atoms with Crippen LogP contribution in [0.15, 0.2) is 60.9 Å². The molecule has 2 aromatic carbocycles. The van der Waals surface area contributed by atoms with Crippen molar-refractivity contribution in [2.24, 2.45) is 0 Å². The van der Waals surface area contributed by atoms with E-state index in [0.717, 1.165) is 29.5 Å². The van der Waals surface area contributed by atoms with Crippen molar-refractivity contribution in [3.05, 3.63) is 72.1 Å². The van der Waals surface area contributed by atoms with E-state index in [4.69, 9.17) is 4.74 Å². The summed E-state index contributed by atoms with van der Waals surface area (Å²) in [6.45, 7) is 0. The number of nitrogens with zero attached hydrogens (tertiary/aromatic N) is 1. The largest absolute Gasteiger partial charge is 0.497 e. The molecule has 154 valence electrons. The van der Waals surface area contributed by atoms with Gasteiger partial charge < -0.3 is 15.4 Å². The molecule has 1 aliphatic rings. The van der Waals surface area contributed by atoms with E-state index >= 15 is 0 Å². The third kappa shape index (κ3) is 3.66. The molecular formula is C23H24N4O3. The lowest BCUT2D eigenvalue weighted by Crippen LogP contribution is -2.43. The molecule has 1 fully saturated rings. The number of H-pyrrole nitrogens is 1. The van der Waals surface area contributed by atoms with E-state index in [1.165, 1.54) is 0 Å². The minimum Gasteiger partial charge on any atom is -0.497 e. The van der Waals surface area contributed by atoms with E-state index in [-0.39, 0.29) is 11.8 Å². The van der Waals surface area contributed by atoms with Crippen molar-refractivity contribution in [1.82, 2.24) is 20.8 Å². The van der Waals surface area contributed by atoms with Gasteiger partial charge in [-0.15, -0.1) is 0 Å². The molecule has 1 heterocycles. The maximum absolute atomic E-state index is 13.3. The number of nitrogens with one attached hydrogen (secondary N) is 3. The number of benzene rings is 2. The van der Waals surface area contributed by atoms with Crippen molar-refractivity contribution in [2.45, 2.75) is 24.3 Å². The first kappa shape index (κ1) is 19.7. The SMILES string of the molecule is CNC(=O)C(NC(=O)C1(c2cccc(-c3cn[nH]c3)c2)CC1)c1cccc(OC)c1. The van der Waals surface area contributed by atoms with Crippen LogP contribution in [0.2, 0.25) is 0 Å². The normalized spacial score (nSPS) is 15.1. The zero-order chi connectivity index (χ0) is 21.1. The van der Waals surface area contributed by atoms with Crippen molar-refractivity contribution in [3.63, 3.8) is 0 Å². The first-order valence-electron chi connectivity index (χ1n) is 9.83. The van der Waals surface area contributed by atoms with Crippen molar-refractivity contribution in [1.29, 1.82) is 0 Å². The molecule has 0 radical (unpaired) electrons. The predicted octanol–water partition coefficient (Wildman–Crippen LogP) is 2.72. The Morgan fingerprint density at radius 1 is 1.13 bits per heavy atom. The van der Waals surface area contributed by atoms with Crippen LogP contribution in [-0.4, -0.2) is 36.2 Å². The standard InChI is InChI=1S/C23H24N4O3/c1-24-21(28)20(16-6-4-8-19(12-16)30-2)27-22(29)23(9-10-23)18-7-3-5-15(11-18)17-13-25-26-14-17/h3-8,11-14,20H,9-10H2,1-2H3,(H,24,28)(H,25,26)(H,27,29). The van der Waals surface area contributed by atoms with Gasteiger partial charge in [-0.2, -0.15) is 5.10 Å². The number of likely N-dealkylation sites (N-methyl/N-ethyl adjacent to an activating group) is 1. The smallest absolute Gasteiger partial charge is 0.246 e. The Labute approximate surface area is 174 Å². The van der Waals surface area contributed by atoms with Crippen molar-refractivity contribution < 1.29 is 14.3 Å². The third-order valence-corrected chi connectivity index (χ3v) is 5.64. The lowest BCUT2D eigenvalue weighted by atomic mass is 9.91. The summed E-state index contributed by atoms with van der Waals surface area (Å²) in [4.78, 5) is 25.9. The number of carbonyl (C=O) groups is 2. The van der Waals surface area contributed by atoms with Crippen LogP contribution in [0, 0.1) is 0 Å². The second-order valence-electron chi connectivity index (χ2n) is 7.45. The Kier molecular flexibility index (Phi) is 5.27. The van der Waals surface area contributed by atoms with E-state index in [2.05, 4.69) is 20.8 Å². The third-order valence-electron chi connectivity index (χ3n) is 5.64. The summed E-state index contributed by atoms with van der Waals surface area (Å²) in [6.07, 6.45) is 5.06. The highest BCUT2D eigenvalue weighted by Gasteiger charge is 2.52. The minimum atomic E-state index is -0.799. The Bertz CT molecular complexity index is 1060. The highest BCUT2D eigenvalue weighted by atomic mass is 16.5. The fraction of sp³-hybridized carbons (Fsp3) is 0.261.